The van der Waals surface area contributed by atoms with Crippen molar-refractivity contribution in [2.75, 3.05) is 32.7 Å². The first-order valence-electron chi connectivity index (χ1n) is 8.88. The second-order valence-electron chi connectivity index (χ2n) is 6.56. The van der Waals surface area contributed by atoms with Crippen molar-refractivity contribution in [3.63, 3.8) is 0 Å². The highest BCUT2D eigenvalue weighted by Gasteiger charge is 2.29. The summed E-state index contributed by atoms with van der Waals surface area (Å²) in [5.74, 6) is 0.861. The van der Waals surface area contributed by atoms with Crippen molar-refractivity contribution in [2.45, 2.75) is 26.0 Å². The molecule has 0 bridgehead atoms. The van der Waals surface area contributed by atoms with E-state index in [0.717, 1.165) is 50.6 Å². The van der Waals surface area contributed by atoms with Crippen molar-refractivity contribution in [1.82, 2.24) is 24.6 Å². The van der Waals surface area contributed by atoms with Crippen LogP contribution in [0.4, 0.5) is 0 Å². The van der Waals surface area contributed by atoms with Gasteiger partial charge in [-0.3, -0.25) is 14.5 Å². The molecule has 132 valence electrons. The highest BCUT2D eigenvalue weighted by molar-refractivity contribution is 5.92. The summed E-state index contributed by atoms with van der Waals surface area (Å²) < 4.78 is 7.86. The Labute approximate surface area is 147 Å². The van der Waals surface area contributed by atoms with Gasteiger partial charge in [-0.05, 0) is 24.7 Å². The Balaban J connectivity index is 1.37. The van der Waals surface area contributed by atoms with Crippen LogP contribution in [0, 0.1) is 0 Å². The molecule has 0 N–H and O–H groups in total. The molecule has 7 nitrogen and oxygen atoms in total. The van der Waals surface area contributed by atoms with Gasteiger partial charge in [0.1, 0.15) is 11.9 Å². The topological polar surface area (TPSA) is 63.5 Å². The largest absolute Gasteiger partial charge is 0.488 e. The van der Waals surface area contributed by atoms with Crippen molar-refractivity contribution in [3.05, 3.63) is 42.0 Å². The minimum Gasteiger partial charge on any atom is -0.488 e. The number of piperazine rings is 1. The minimum atomic E-state index is 0.0456. The standard InChI is InChI=1S/C18H23N5O2/c1-2-21-7-9-22(10-8-21)18(24)17-12-14-11-16(13-23(14)20-17)25-15-3-5-19-6-4-15/h3-6,12,16H,2,7-11,13H2,1H3/t16-/m0/s1. The van der Waals surface area contributed by atoms with Gasteiger partial charge in [0, 0.05) is 50.7 Å². The molecule has 1 amide bonds. The first-order valence-corrected chi connectivity index (χ1v) is 8.88. The third-order valence-electron chi connectivity index (χ3n) is 4.96. The zero-order valence-corrected chi connectivity index (χ0v) is 14.5. The van der Waals surface area contributed by atoms with Crippen LogP contribution in [-0.4, -0.2) is 69.3 Å². The summed E-state index contributed by atoms with van der Waals surface area (Å²) in [6.07, 6.45) is 4.27. The molecule has 1 atom stereocenters. The Morgan fingerprint density at radius 1 is 1.24 bits per heavy atom. The predicted molar refractivity (Wildman–Crippen MR) is 92.6 cm³/mol. The van der Waals surface area contributed by atoms with Crippen LogP contribution in [0.1, 0.15) is 23.1 Å². The van der Waals surface area contributed by atoms with Gasteiger partial charge in [-0.2, -0.15) is 5.10 Å². The van der Waals surface area contributed by atoms with Crippen molar-refractivity contribution in [1.29, 1.82) is 0 Å². The smallest absolute Gasteiger partial charge is 0.274 e. The molecular formula is C18H23N5O2. The third-order valence-corrected chi connectivity index (χ3v) is 4.96. The zero-order chi connectivity index (χ0) is 17.2. The van der Waals surface area contributed by atoms with E-state index in [9.17, 15) is 4.79 Å². The quantitative estimate of drug-likeness (QED) is 0.832. The molecule has 2 aromatic heterocycles. The van der Waals surface area contributed by atoms with E-state index in [4.69, 9.17) is 4.74 Å². The summed E-state index contributed by atoms with van der Waals surface area (Å²) in [5, 5.41) is 4.52. The Kier molecular flexibility index (Phi) is 4.40. The van der Waals surface area contributed by atoms with Gasteiger partial charge in [0.15, 0.2) is 5.69 Å². The highest BCUT2D eigenvalue weighted by atomic mass is 16.5. The summed E-state index contributed by atoms with van der Waals surface area (Å²) in [6.45, 7) is 7.32. The molecule has 4 rings (SSSR count). The average molecular weight is 341 g/mol. The van der Waals surface area contributed by atoms with Crippen LogP contribution in [0.3, 0.4) is 0 Å². The molecule has 1 fully saturated rings. The van der Waals surface area contributed by atoms with Crippen molar-refractivity contribution >= 4 is 5.91 Å². The second kappa shape index (κ2) is 6.84. The Hall–Kier alpha value is -2.41. The molecular weight excluding hydrogens is 318 g/mol. The third kappa shape index (κ3) is 3.37. The fourth-order valence-electron chi connectivity index (χ4n) is 3.49. The SMILES string of the molecule is CCN1CCN(C(=O)c2cc3n(n2)C[C@@H](Oc2ccncc2)C3)CC1. The van der Waals surface area contributed by atoms with E-state index in [-0.39, 0.29) is 12.0 Å². The molecule has 1 saturated heterocycles. The average Bonchev–Trinajstić information content (AvgIpc) is 3.20. The molecule has 7 heteroatoms. The number of carbonyl (C=O) groups is 1. The van der Waals surface area contributed by atoms with Crippen molar-refractivity contribution < 1.29 is 9.53 Å². The van der Waals surface area contributed by atoms with E-state index in [1.807, 2.05) is 27.8 Å². The maximum Gasteiger partial charge on any atom is 0.274 e. The maximum absolute atomic E-state index is 12.7. The van der Waals surface area contributed by atoms with Crippen LogP contribution in [0.5, 0.6) is 5.75 Å². The van der Waals surface area contributed by atoms with E-state index in [1.54, 1.807) is 12.4 Å². The number of hydrogen-bond acceptors (Lipinski definition) is 5. The van der Waals surface area contributed by atoms with Crippen LogP contribution in [-0.2, 0) is 13.0 Å². The van der Waals surface area contributed by atoms with Gasteiger partial charge in [0.2, 0.25) is 0 Å². The molecule has 0 unspecified atom stereocenters. The molecule has 0 aromatic carbocycles. The number of nitrogens with zero attached hydrogens (tertiary/aromatic N) is 5. The lowest BCUT2D eigenvalue weighted by Gasteiger charge is -2.33. The first kappa shape index (κ1) is 16.1. The monoisotopic (exact) mass is 341 g/mol. The number of hydrogen-bond donors (Lipinski definition) is 0. The van der Waals surface area contributed by atoms with E-state index in [0.29, 0.717) is 12.2 Å². The summed E-state index contributed by atoms with van der Waals surface area (Å²) in [7, 11) is 0. The van der Waals surface area contributed by atoms with Gasteiger partial charge in [0.25, 0.3) is 5.91 Å². The number of aromatic nitrogens is 3. The van der Waals surface area contributed by atoms with Gasteiger partial charge >= 0.3 is 0 Å². The van der Waals surface area contributed by atoms with E-state index >= 15 is 0 Å². The predicted octanol–water partition coefficient (Wildman–Crippen LogP) is 1.06. The number of ether oxygens (including phenoxy) is 1. The lowest BCUT2D eigenvalue weighted by molar-refractivity contribution is 0.0636. The van der Waals surface area contributed by atoms with Gasteiger partial charge < -0.3 is 14.5 Å². The summed E-state index contributed by atoms with van der Waals surface area (Å²) >= 11 is 0. The number of rotatable bonds is 4. The lowest BCUT2D eigenvalue weighted by atomic mass is 10.2. The molecule has 4 heterocycles. The Morgan fingerprint density at radius 3 is 2.68 bits per heavy atom. The van der Waals surface area contributed by atoms with E-state index in [2.05, 4.69) is 21.9 Å². The molecule has 2 aliphatic heterocycles. The fraction of sp³-hybridized carbons (Fsp3) is 0.500. The summed E-state index contributed by atoms with van der Waals surface area (Å²) in [6, 6.07) is 5.63. The van der Waals surface area contributed by atoms with Crippen LogP contribution < -0.4 is 4.74 Å². The van der Waals surface area contributed by atoms with E-state index in [1.165, 1.54) is 0 Å². The molecule has 2 aromatic rings. The van der Waals surface area contributed by atoms with Gasteiger partial charge in [-0.25, -0.2) is 0 Å². The molecule has 25 heavy (non-hydrogen) atoms. The molecule has 0 aliphatic carbocycles. The van der Waals surface area contributed by atoms with Crippen LogP contribution in [0.15, 0.2) is 30.6 Å². The maximum atomic E-state index is 12.7. The van der Waals surface area contributed by atoms with Crippen molar-refractivity contribution in [2.24, 2.45) is 0 Å². The van der Waals surface area contributed by atoms with Crippen LogP contribution in [0.25, 0.3) is 0 Å². The summed E-state index contributed by atoms with van der Waals surface area (Å²) in [4.78, 5) is 20.9. The Morgan fingerprint density at radius 2 is 2.00 bits per heavy atom. The second-order valence-corrected chi connectivity index (χ2v) is 6.56. The molecule has 2 aliphatic rings. The normalized spacial score (nSPS) is 20.5. The van der Waals surface area contributed by atoms with Gasteiger partial charge in [0.05, 0.1) is 6.54 Å². The minimum absolute atomic E-state index is 0.0456. The van der Waals surface area contributed by atoms with Gasteiger partial charge in [-0.1, -0.05) is 6.92 Å². The molecule has 0 radical (unpaired) electrons. The van der Waals surface area contributed by atoms with Crippen LogP contribution >= 0.6 is 0 Å². The highest BCUT2D eigenvalue weighted by Crippen LogP contribution is 2.21. The number of fused-ring (bicyclic) bond motifs is 1. The Bertz CT molecular complexity index is 714. The van der Waals surface area contributed by atoms with Crippen molar-refractivity contribution in [3.8, 4) is 5.75 Å². The van der Waals surface area contributed by atoms with Gasteiger partial charge in [-0.15, -0.1) is 0 Å². The first-order chi connectivity index (χ1) is 12.2. The van der Waals surface area contributed by atoms with E-state index < -0.39 is 0 Å². The zero-order valence-electron chi connectivity index (χ0n) is 14.5. The summed E-state index contributed by atoms with van der Waals surface area (Å²) in [5.41, 5.74) is 1.62. The number of likely N-dealkylation sites (N-methyl/N-ethyl adjacent to an activating group) is 1. The molecule has 0 saturated carbocycles. The fourth-order valence-corrected chi connectivity index (χ4v) is 3.49. The number of amides is 1. The lowest BCUT2D eigenvalue weighted by Crippen LogP contribution is -2.48. The molecule has 0 spiro atoms. The number of pyridine rings is 1. The number of carbonyl (C=O) groups excluding carboxylic acids is 1. The van der Waals surface area contributed by atoms with Crippen LogP contribution in [0.2, 0.25) is 0 Å².